The molecule has 2 amide bonds. The van der Waals surface area contributed by atoms with Crippen molar-refractivity contribution < 1.29 is 61.9 Å². The third-order valence-corrected chi connectivity index (χ3v) is 7.79. The van der Waals surface area contributed by atoms with Gasteiger partial charge in [-0.1, -0.05) is 27.7 Å². The molecule has 1 aliphatic rings. The summed E-state index contributed by atoms with van der Waals surface area (Å²) in [6, 6.07) is -0.864. The summed E-state index contributed by atoms with van der Waals surface area (Å²) in [4.78, 5) is 92.7. The van der Waals surface area contributed by atoms with Gasteiger partial charge in [0.1, 0.15) is 48.0 Å². The zero-order chi connectivity index (χ0) is 42.0. The molecule has 2 heterocycles. The van der Waals surface area contributed by atoms with E-state index < -0.39 is 114 Å². The van der Waals surface area contributed by atoms with Gasteiger partial charge >= 0.3 is 41.8 Å². The summed E-state index contributed by atoms with van der Waals surface area (Å²) in [6.45, 7) is 18.6. The molecule has 1 fully saturated rings. The van der Waals surface area contributed by atoms with Crippen molar-refractivity contribution in [3.8, 4) is 0 Å². The van der Waals surface area contributed by atoms with Crippen molar-refractivity contribution in [2.75, 3.05) is 18.9 Å². The van der Waals surface area contributed by atoms with E-state index in [0.717, 1.165) is 0 Å². The van der Waals surface area contributed by atoms with Crippen molar-refractivity contribution in [1.82, 2.24) is 20.2 Å². The Morgan fingerprint density at radius 2 is 1.22 bits per heavy atom. The SMILES string of the molecule is CC(OC(=O)C(NC(=O)OC(C)(C)C)C(C)C)C(=O)OCC1CC(n2ccc(N)nc2=O)OC1COC(=O)C(C)OC(=O)C(NC(=O)OC(C)(C)C)C(C)C. The lowest BCUT2D eigenvalue weighted by Crippen LogP contribution is -2.48. The van der Waals surface area contributed by atoms with E-state index in [-0.39, 0.29) is 18.8 Å². The van der Waals surface area contributed by atoms with Gasteiger partial charge in [-0.3, -0.25) is 4.57 Å². The Hall–Kier alpha value is -4.94. The summed E-state index contributed by atoms with van der Waals surface area (Å²) in [5.74, 6) is -5.14. The average Bonchev–Trinajstić information content (AvgIpc) is 3.43. The molecule has 55 heavy (non-hydrogen) atoms. The minimum atomic E-state index is -1.40. The molecule has 0 aromatic carbocycles. The molecule has 0 spiro atoms. The molecule has 7 atom stereocenters. The summed E-state index contributed by atoms with van der Waals surface area (Å²) in [7, 11) is 0. The number of amides is 2. The van der Waals surface area contributed by atoms with Crippen molar-refractivity contribution in [1.29, 1.82) is 0 Å². The number of nitrogens with zero attached hydrogens (tertiary/aromatic N) is 2. The van der Waals surface area contributed by atoms with E-state index >= 15 is 0 Å². The van der Waals surface area contributed by atoms with Crippen molar-refractivity contribution >= 4 is 41.9 Å². The van der Waals surface area contributed by atoms with E-state index in [1.807, 2.05) is 0 Å². The number of nitrogens with one attached hydrogen (secondary N) is 2. The number of carbonyl (C=O) groups excluding carboxylic acids is 6. The summed E-state index contributed by atoms with van der Waals surface area (Å²) in [5.41, 5.74) is 3.29. The van der Waals surface area contributed by atoms with Gasteiger partial charge < -0.3 is 49.5 Å². The number of ether oxygens (including phenoxy) is 7. The molecule has 1 aromatic rings. The number of esters is 4. The zero-order valence-electron chi connectivity index (χ0n) is 33.7. The smallest absolute Gasteiger partial charge is 0.408 e. The number of aromatic nitrogens is 2. The molecular formula is C36H57N5O14. The topological polar surface area (TPSA) is 252 Å². The summed E-state index contributed by atoms with van der Waals surface area (Å²) < 4.78 is 39.2. The van der Waals surface area contributed by atoms with E-state index in [4.69, 9.17) is 38.9 Å². The second-order valence-corrected chi connectivity index (χ2v) is 15.8. The Morgan fingerprint density at radius 3 is 1.62 bits per heavy atom. The number of hydrogen-bond acceptors (Lipinski definition) is 16. The second kappa shape index (κ2) is 19.6. The summed E-state index contributed by atoms with van der Waals surface area (Å²) in [6.07, 6.45) is -4.84. The van der Waals surface area contributed by atoms with E-state index in [1.165, 1.54) is 30.7 Å². The Balaban J connectivity index is 2.11. The summed E-state index contributed by atoms with van der Waals surface area (Å²) in [5, 5.41) is 4.91. The first kappa shape index (κ1) is 46.2. The molecule has 1 aliphatic heterocycles. The van der Waals surface area contributed by atoms with E-state index in [0.29, 0.717) is 0 Å². The number of nitrogens with two attached hydrogens (primary N) is 1. The van der Waals surface area contributed by atoms with Gasteiger partial charge in [-0.05, 0) is 73.3 Å². The lowest BCUT2D eigenvalue weighted by atomic mass is 10.0. The van der Waals surface area contributed by atoms with Crippen LogP contribution in [0.3, 0.4) is 0 Å². The van der Waals surface area contributed by atoms with Gasteiger partial charge in [0.15, 0.2) is 12.2 Å². The number of rotatable bonds is 15. The Bertz CT molecular complexity index is 1500. The first-order valence-electron chi connectivity index (χ1n) is 18.0. The van der Waals surface area contributed by atoms with E-state index in [1.54, 1.807) is 69.2 Å². The first-order chi connectivity index (χ1) is 25.3. The Morgan fingerprint density at radius 1 is 0.782 bits per heavy atom. The standard InChI is InChI=1S/C36H57N5O14/c1-18(2)26(39-33(47)54-35(7,8)9)30(44)51-20(5)28(42)49-16-22-15-25(41-14-13-24(37)38-32(41)46)53-23(22)17-50-29(43)21(6)52-31(45)27(19(3)4)40-34(48)55-36(10,11)12/h13-14,18-23,25-27H,15-17H2,1-12H3,(H,39,47)(H,40,48)(H2,37,38,46). The quantitative estimate of drug-likeness (QED) is 0.171. The lowest BCUT2D eigenvalue weighted by molar-refractivity contribution is -0.173. The van der Waals surface area contributed by atoms with Gasteiger partial charge in [-0.25, -0.2) is 33.6 Å². The third kappa shape index (κ3) is 15.4. The predicted octanol–water partition coefficient (Wildman–Crippen LogP) is 2.78. The van der Waals surface area contributed by atoms with Crippen LogP contribution >= 0.6 is 0 Å². The molecule has 7 unspecified atom stereocenters. The van der Waals surface area contributed by atoms with Crippen LogP contribution in [0.25, 0.3) is 0 Å². The van der Waals surface area contributed by atoms with Crippen LogP contribution in [-0.2, 0) is 52.3 Å². The fourth-order valence-electron chi connectivity index (χ4n) is 5.00. The third-order valence-electron chi connectivity index (χ3n) is 7.79. The second-order valence-electron chi connectivity index (χ2n) is 15.8. The van der Waals surface area contributed by atoms with Crippen LogP contribution in [0.2, 0.25) is 0 Å². The molecule has 1 saturated heterocycles. The maximum absolute atomic E-state index is 13.0. The molecule has 310 valence electrons. The number of nitrogen functional groups attached to an aromatic ring is 1. The van der Waals surface area contributed by atoms with Gasteiger partial charge in [0.2, 0.25) is 0 Å². The highest BCUT2D eigenvalue weighted by Gasteiger charge is 2.40. The monoisotopic (exact) mass is 783 g/mol. The molecule has 2 rings (SSSR count). The maximum Gasteiger partial charge on any atom is 0.408 e. The molecule has 1 aromatic heterocycles. The Kier molecular flexibility index (Phi) is 16.5. The molecule has 0 bridgehead atoms. The van der Waals surface area contributed by atoms with Crippen molar-refractivity contribution in [3.63, 3.8) is 0 Å². The van der Waals surface area contributed by atoms with Gasteiger partial charge in [0.05, 0.1) is 6.61 Å². The highest BCUT2D eigenvalue weighted by atomic mass is 16.6. The van der Waals surface area contributed by atoms with E-state index in [9.17, 15) is 33.6 Å². The number of carbonyl (C=O) groups is 6. The predicted molar refractivity (Wildman–Crippen MR) is 194 cm³/mol. The zero-order valence-corrected chi connectivity index (χ0v) is 33.7. The highest BCUT2D eigenvalue weighted by Crippen LogP contribution is 2.33. The van der Waals surface area contributed by atoms with Crippen LogP contribution in [-0.4, -0.2) is 100 Å². The molecule has 0 saturated carbocycles. The molecule has 19 heteroatoms. The fourth-order valence-corrected chi connectivity index (χ4v) is 5.00. The number of anilines is 1. The fraction of sp³-hybridized carbons (Fsp3) is 0.722. The lowest BCUT2D eigenvalue weighted by Gasteiger charge is -2.26. The maximum atomic E-state index is 13.0. The van der Waals surface area contributed by atoms with Crippen LogP contribution in [0.15, 0.2) is 17.1 Å². The molecule has 19 nitrogen and oxygen atoms in total. The van der Waals surface area contributed by atoms with Gasteiger partial charge in [-0.2, -0.15) is 4.98 Å². The summed E-state index contributed by atoms with van der Waals surface area (Å²) >= 11 is 0. The van der Waals surface area contributed by atoms with Gasteiger partial charge in [-0.15, -0.1) is 0 Å². The average molecular weight is 784 g/mol. The number of alkyl carbamates (subject to hydrolysis) is 2. The van der Waals surface area contributed by atoms with Gasteiger partial charge in [0, 0.05) is 18.5 Å². The highest BCUT2D eigenvalue weighted by molar-refractivity contribution is 5.85. The van der Waals surface area contributed by atoms with Crippen LogP contribution in [0.5, 0.6) is 0 Å². The van der Waals surface area contributed by atoms with Crippen LogP contribution in [0.4, 0.5) is 15.4 Å². The molecular weight excluding hydrogens is 726 g/mol. The normalized spacial score (nSPS) is 19.3. The van der Waals surface area contributed by atoms with Crippen molar-refractivity contribution in [3.05, 3.63) is 22.7 Å². The van der Waals surface area contributed by atoms with E-state index in [2.05, 4.69) is 15.6 Å². The largest absolute Gasteiger partial charge is 0.463 e. The minimum absolute atomic E-state index is 0.00993. The number of hydrogen-bond donors (Lipinski definition) is 3. The van der Waals surface area contributed by atoms with Crippen molar-refractivity contribution in [2.24, 2.45) is 17.8 Å². The van der Waals surface area contributed by atoms with Gasteiger partial charge in [0.25, 0.3) is 0 Å². The minimum Gasteiger partial charge on any atom is -0.463 e. The van der Waals surface area contributed by atoms with Crippen LogP contribution < -0.4 is 22.1 Å². The first-order valence-corrected chi connectivity index (χ1v) is 18.0. The molecule has 0 aliphatic carbocycles. The molecule has 0 radical (unpaired) electrons. The van der Waals surface area contributed by atoms with Crippen LogP contribution in [0.1, 0.15) is 95.7 Å². The van der Waals surface area contributed by atoms with Crippen LogP contribution in [0, 0.1) is 17.8 Å². The Labute approximate surface area is 320 Å². The van der Waals surface area contributed by atoms with Crippen molar-refractivity contribution in [2.45, 2.75) is 137 Å². The molecule has 4 N–H and O–H groups in total.